The normalized spacial score (nSPS) is 11.5. The summed E-state index contributed by atoms with van der Waals surface area (Å²) in [5.41, 5.74) is 3.70. The standard InChI is InChI=1S/C14H20O2/c1-10-5-7-12(14(2,3)4)9-11(10)6-8-13(15)16/h5,7,9H,6,8H2,1-4H3,(H,15,16). The van der Waals surface area contributed by atoms with Gasteiger partial charge in [-0.25, -0.2) is 0 Å². The lowest BCUT2D eigenvalue weighted by Crippen LogP contribution is -2.12. The molecule has 0 heterocycles. The molecule has 1 rings (SSSR count). The molecule has 0 aromatic heterocycles. The van der Waals surface area contributed by atoms with Gasteiger partial charge in [-0.15, -0.1) is 0 Å². The monoisotopic (exact) mass is 220 g/mol. The van der Waals surface area contributed by atoms with E-state index in [0.717, 1.165) is 5.56 Å². The maximum absolute atomic E-state index is 10.6. The Morgan fingerprint density at radius 2 is 1.94 bits per heavy atom. The van der Waals surface area contributed by atoms with E-state index in [1.807, 2.05) is 6.92 Å². The predicted octanol–water partition coefficient (Wildman–Crippen LogP) is 3.31. The molecular formula is C14H20O2. The molecule has 2 heteroatoms. The van der Waals surface area contributed by atoms with E-state index in [9.17, 15) is 4.79 Å². The lowest BCUT2D eigenvalue weighted by molar-refractivity contribution is -0.136. The second-order valence-electron chi connectivity index (χ2n) is 5.29. The van der Waals surface area contributed by atoms with Crippen molar-refractivity contribution in [3.05, 3.63) is 34.9 Å². The zero-order chi connectivity index (χ0) is 12.3. The third-order valence-electron chi connectivity index (χ3n) is 2.82. The third kappa shape index (κ3) is 3.37. The Morgan fingerprint density at radius 3 is 2.44 bits per heavy atom. The first-order valence-electron chi connectivity index (χ1n) is 5.62. The first-order valence-corrected chi connectivity index (χ1v) is 5.62. The van der Waals surface area contributed by atoms with Crippen LogP contribution in [0.4, 0.5) is 0 Å². The van der Waals surface area contributed by atoms with E-state index in [1.54, 1.807) is 0 Å². The van der Waals surface area contributed by atoms with Gasteiger partial charge < -0.3 is 5.11 Å². The zero-order valence-electron chi connectivity index (χ0n) is 10.5. The quantitative estimate of drug-likeness (QED) is 0.848. The molecule has 0 aliphatic rings. The molecule has 0 amide bonds. The van der Waals surface area contributed by atoms with Crippen LogP contribution in [-0.4, -0.2) is 11.1 Å². The van der Waals surface area contributed by atoms with Crippen molar-refractivity contribution in [2.75, 3.05) is 0 Å². The maximum Gasteiger partial charge on any atom is 0.303 e. The maximum atomic E-state index is 10.6. The Bertz CT molecular complexity index is 386. The van der Waals surface area contributed by atoms with E-state index in [-0.39, 0.29) is 11.8 Å². The van der Waals surface area contributed by atoms with Crippen molar-refractivity contribution in [2.45, 2.75) is 46.0 Å². The predicted molar refractivity (Wildman–Crippen MR) is 65.8 cm³/mol. The molecule has 0 bridgehead atoms. The van der Waals surface area contributed by atoms with E-state index in [2.05, 4.69) is 39.0 Å². The van der Waals surface area contributed by atoms with Crippen molar-refractivity contribution in [3.8, 4) is 0 Å². The summed E-state index contributed by atoms with van der Waals surface area (Å²) in [6.45, 7) is 8.53. The molecule has 0 fully saturated rings. The van der Waals surface area contributed by atoms with Crippen LogP contribution in [-0.2, 0) is 16.6 Å². The summed E-state index contributed by atoms with van der Waals surface area (Å²) < 4.78 is 0. The van der Waals surface area contributed by atoms with Crippen molar-refractivity contribution in [2.24, 2.45) is 0 Å². The largest absolute Gasteiger partial charge is 0.481 e. The number of carbonyl (C=O) groups is 1. The molecule has 0 unspecified atom stereocenters. The van der Waals surface area contributed by atoms with E-state index >= 15 is 0 Å². The number of hydrogen-bond donors (Lipinski definition) is 1. The van der Waals surface area contributed by atoms with Gasteiger partial charge in [0, 0.05) is 6.42 Å². The number of aryl methyl sites for hydroxylation is 2. The van der Waals surface area contributed by atoms with Crippen LogP contribution in [0.2, 0.25) is 0 Å². The fourth-order valence-electron chi connectivity index (χ4n) is 1.65. The molecule has 0 spiro atoms. The topological polar surface area (TPSA) is 37.3 Å². The van der Waals surface area contributed by atoms with Crippen molar-refractivity contribution in [1.82, 2.24) is 0 Å². The van der Waals surface area contributed by atoms with Crippen LogP contribution >= 0.6 is 0 Å². The van der Waals surface area contributed by atoms with Crippen LogP contribution < -0.4 is 0 Å². The van der Waals surface area contributed by atoms with Gasteiger partial charge in [-0.05, 0) is 35.4 Å². The Labute approximate surface area is 97.3 Å². The van der Waals surface area contributed by atoms with Crippen molar-refractivity contribution >= 4 is 5.97 Å². The Morgan fingerprint density at radius 1 is 1.31 bits per heavy atom. The van der Waals surface area contributed by atoms with Crippen LogP contribution in [0.3, 0.4) is 0 Å². The number of carboxylic acids is 1. The van der Waals surface area contributed by atoms with Gasteiger partial charge in [-0.2, -0.15) is 0 Å². The summed E-state index contributed by atoms with van der Waals surface area (Å²) >= 11 is 0. The van der Waals surface area contributed by atoms with Gasteiger partial charge in [0.15, 0.2) is 0 Å². The van der Waals surface area contributed by atoms with Crippen LogP contribution in [0.5, 0.6) is 0 Å². The zero-order valence-corrected chi connectivity index (χ0v) is 10.5. The number of hydrogen-bond acceptors (Lipinski definition) is 1. The second-order valence-corrected chi connectivity index (χ2v) is 5.29. The molecule has 0 saturated carbocycles. The Balaban J connectivity index is 2.95. The lowest BCUT2D eigenvalue weighted by Gasteiger charge is -2.20. The van der Waals surface area contributed by atoms with Crippen LogP contribution in [0, 0.1) is 6.92 Å². The van der Waals surface area contributed by atoms with Gasteiger partial charge in [0.05, 0.1) is 0 Å². The summed E-state index contributed by atoms with van der Waals surface area (Å²) in [7, 11) is 0. The summed E-state index contributed by atoms with van der Waals surface area (Å²) in [5, 5.41) is 8.69. The third-order valence-corrected chi connectivity index (χ3v) is 2.82. The van der Waals surface area contributed by atoms with Crippen LogP contribution in [0.15, 0.2) is 18.2 Å². The van der Waals surface area contributed by atoms with Gasteiger partial charge in [0.1, 0.15) is 0 Å². The minimum Gasteiger partial charge on any atom is -0.481 e. The van der Waals surface area contributed by atoms with E-state index < -0.39 is 5.97 Å². The summed E-state index contributed by atoms with van der Waals surface area (Å²) in [6.07, 6.45) is 0.819. The van der Waals surface area contributed by atoms with Gasteiger partial charge >= 0.3 is 5.97 Å². The molecule has 0 aliphatic heterocycles. The summed E-state index contributed by atoms with van der Waals surface area (Å²) in [4.78, 5) is 10.6. The number of rotatable bonds is 3. The number of aliphatic carboxylic acids is 1. The van der Waals surface area contributed by atoms with E-state index in [1.165, 1.54) is 11.1 Å². The van der Waals surface area contributed by atoms with Crippen molar-refractivity contribution in [3.63, 3.8) is 0 Å². The highest BCUT2D eigenvalue weighted by Crippen LogP contribution is 2.24. The summed E-state index contributed by atoms with van der Waals surface area (Å²) in [5.74, 6) is -0.736. The Kier molecular flexibility index (Phi) is 3.74. The van der Waals surface area contributed by atoms with Crippen molar-refractivity contribution in [1.29, 1.82) is 0 Å². The molecule has 1 aromatic carbocycles. The molecule has 2 nitrogen and oxygen atoms in total. The highest BCUT2D eigenvalue weighted by molar-refractivity contribution is 5.67. The Hall–Kier alpha value is -1.31. The average Bonchev–Trinajstić information content (AvgIpc) is 2.14. The SMILES string of the molecule is Cc1ccc(C(C)(C)C)cc1CCC(=O)O. The van der Waals surface area contributed by atoms with E-state index in [0.29, 0.717) is 6.42 Å². The van der Waals surface area contributed by atoms with Gasteiger partial charge in [0.2, 0.25) is 0 Å². The smallest absolute Gasteiger partial charge is 0.303 e. The molecule has 0 radical (unpaired) electrons. The highest BCUT2D eigenvalue weighted by atomic mass is 16.4. The highest BCUT2D eigenvalue weighted by Gasteiger charge is 2.14. The number of benzene rings is 1. The fourth-order valence-corrected chi connectivity index (χ4v) is 1.65. The average molecular weight is 220 g/mol. The molecule has 16 heavy (non-hydrogen) atoms. The lowest BCUT2D eigenvalue weighted by atomic mass is 9.85. The van der Waals surface area contributed by atoms with Crippen LogP contribution in [0.1, 0.15) is 43.9 Å². The van der Waals surface area contributed by atoms with Gasteiger partial charge in [0.25, 0.3) is 0 Å². The number of carboxylic acid groups (broad SMARTS) is 1. The van der Waals surface area contributed by atoms with Crippen LogP contribution in [0.25, 0.3) is 0 Å². The minimum atomic E-state index is -0.736. The molecule has 0 atom stereocenters. The fraction of sp³-hybridized carbons (Fsp3) is 0.500. The molecule has 0 aliphatic carbocycles. The molecule has 88 valence electrons. The molecule has 1 N–H and O–H groups in total. The first-order chi connectivity index (χ1) is 7.30. The van der Waals surface area contributed by atoms with Gasteiger partial charge in [-0.1, -0.05) is 39.0 Å². The molecule has 0 saturated heterocycles. The minimum absolute atomic E-state index is 0.117. The second kappa shape index (κ2) is 4.69. The van der Waals surface area contributed by atoms with Gasteiger partial charge in [-0.3, -0.25) is 4.79 Å². The molecule has 1 aromatic rings. The molecular weight excluding hydrogens is 200 g/mol. The van der Waals surface area contributed by atoms with Crippen molar-refractivity contribution < 1.29 is 9.90 Å². The summed E-state index contributed by atoms with van der Waals surface area (Å²) in [6, 6.07) is 6.34. The first kappa shape index (κ1) is 12.8. The van der Waals surface area contributed by atoms with E-state index in [4.69, 9.17) is 5.11 Å².